The summed E-state index contributed by atoms with van der Waals surface area (Å²) in [6.45, 7) is 8.82. The molecule has 0 aromatic rings. The van der Waals surface area contributed by atoms with Crippen molar-refractivity contribution in [3.05, 3.63) is 0 Å². The van der Waals surface area contributed by atoms with Crippen LogP contribution in [0.1, 0.15) is 98.3 Å². The zero-order valence-corrected chi connectivity index (χ0v) is 17.2. The molecule has 0 fully saturated rings. The van der Waals surface area contributed by atoms with Crippen molar-refractivity contribution in [2.75, 3.05) is 0 Å². The molecule has 0 heterocycles. The van der Waals surface area contributed by atoms with Crippen molar-refractivity contribution in [2.24, 2.45) is 11.8 Å². The summed E-state index contributed by atoms with van der Waals surface area (Å²) in [6, 6.07) is 0. The van der Waals surface area contributed by atoms with Crippen LogP contribution in [0.15, 0.2) is 0 Å². The van der Waals surface area contributed by atoms with Crippen molar-refractivity contribution in [1.29, 1.82) is 0 Å². The van der Waals surface area contributed by atoms with Crippen LogP contribution < -0.4 is 0 Å². The van der Waals surface area contributed by atoms with E-state index in [0.29, 0.717) is 12.8 Å². The fraction of sp³-hybridized carbons (Fsp3) is 0.895. The maximum Gasteiger partial charge on any atom is 0.303 e. The van der Waals surface area contributed by atoms with Gasteiger partial charge in [-0.1, -0.05) is 72.6 Å². The number of carbonyl (C=O) groups is 2. The van der Waals surface area contributed by atoms with Crippen LogP contribution in [-0.2, 0) is 26.7 Å². The van der Waals surface area contributed by atoms with E-state index in [9.17, 15) is 9.59 Å². The number of carboxylic acid groups (broad SMARTS) is 2. The van der Waals surface area contributed by atoms with Crippen LogP contribution in [-0.4, -0.2) is 22.2 Å². The molecular formula is C19H38MnO4. The van der Waals surface area contributed by atoms with Crippen LogP contribution in [0.4, 0.5) is 0 Å². The quantitative estimate of drug-likeness (QED) is 0.313. The molecule has 0 aliphatic rings. The Bertz CT molecular complexity index is 291. The average molecular weight is 385 g/mol. The van der Waals surface area contributed by atoms with Gasteiger partial charge in [0.1, 0.15) is 0 Å². The van der Waals surface area contributed by atoms with E-state index in [1.807, 2.05) is 0 Å². The maximum absolute atomic E-state index is 10.1. The summed E-state index contributed by atoms with van der Waals surface area (Å²) in [5, 5.41) is 16.7. The Morgan fingerprint density at radius 1 is 0.625 bits per heavy atom. The van der Waals surface area contributed by atoms with Crippen molar-refractivity contribution in [2.45, 2.75) is 98.3 Å². The second kappa shape index (κ2) is 20.5. The first-order chi connectivity index (χ1) is 10.8. The van der Waals surface area contributed by atoms with Crippen molar-refractivity contribution in [1.82, 2.24) is 0 Å². The molecule has 0 aromatic heterocycles. The molecule has 1 radical (unpaired) electrons. The first-order valence-corrected chi connectivity index (χ1v) is 9.19. The van der Waals surface area contributed by atoms with Crippen LogP contribution in [0.3, 0.4) is 0 Å². The van der Waals surface area contributed by atoms with Crippen LogP contribution in [0.5, 0.6) is 0 Å². The van der Waals surface area contributed by atoms with E-state index >= 15 is 0 Å². The molecular weight excluding hydrogens is 347 g/mol. The SMILES string of the molecule is CC(C)CCCCCC(=O)O.CC(C)CCCCCCC(=O)O.[Mn]. The Morgan fingerprint density at radius 3 is 1.21 bits per heavy atom. The van der Waals surface area contributed by atoms with Gasteiger partial charge in [0.25, 0.3) is 0 Å². The van der Waals surface area contributed by atoms with Gasteiger partial charge in [0.2, 0.25) is 0 Å². The maximum atomic E-state index is 10.1. The molecule has 0 rings (SSSR count). The predicted octanol–water partition coefficient (Wildman–Crippen LogP) is 5.74. The first kappa shape index (κ1) is 28.3. The molecule has 4 nitrogen and oxygen atoms in total. The van der Waals surface area contributed by atoms with E-state index in [1.54, 1.807) is 0 Å². The Morgan fingerprint density at radius 2 is 0.917 bits per heavy atom. The van der Waals surface area contributed by atoms with E-state index in [0.717, 1.165) is 37.5 Å². The van der Waals surface area contributed by atoms with Gasteiger partial charge in [-0.2, -0.15) is 0 Å². The topological polar surface area (TPSA) is 74.6 Å². The zero-order chi connectivity index (χ0) is 18.1. The number of aliphatic carboxylic acids is 2. The Hall–Kier alpha value is -0.541. The molecule has 0 aliphatic heterocycles. The van der Waals surface area contributed by atoms with E-state index in [4.69, 9.17) is 10.2 Å². The number of unbranched alkanes of at least 4 members (excludes halogenated alkanes) is 5. The average Bonchev–Trinajstić information content (AvgIpc) is 2.41. The third kappa shape index (κ3) is 33.2. The molecule has 0 aliphatic carbocycles. The fourth-order valence-electron chi connectivity index (χ4n) is 2.19. The standard InChI is InChI=1S/C10H20O2.C9H18O2.Mn/c1-9(2)7-5-3-4-6-8-10(11)12;1-8(2)6-4-3-5-7-9(10)11;/h9H,3-8H2,1-2H3,(H,11,12);8H,3-7H2,1-2H3,(H,10,11);. The van der Waals surface area contributed by atoms with Gasteiger partial charge in [-0.3, -0.25) is 9.59 Å². The monoisotopic (exact) mass is 385 g/mol. The largest absolute Gasteiger partial charge is 0.481 e. The van der Waals surface area contributed by atoms with Crippen molar-refractivity contribution in [3.8, 4) is 0 Å². The van der Waals surface area contributed by atoms with Gasteiger partial charge in [-0.15, -0.1) is 0 Å². The molecule has 0 saturated carbocycles. The molecule has 5 heteroatoms. The van der Waals surface area contributed by atoms with Gasteiger partial charge in [0.15, 0.2) is 0 Å². The summed E-state index contributed by atoms with van der Waals surface area (Å²) in [5.74, 6) is 0.192. The second-order valence-electron chi connectivity index (χ2n) is 7.13. The van der Waals surface area contributed by atoms with E-state index < -0.39 is 11.9 Å². The van der Waals surface area contributed by atoms with Crippen molar-refractivity contribution >= 4 is 11.9 Å². The van der Waals surface area contributed by atoms with Gasteiger partial charge in [-0.25, -0.2) is 0 Å². The van der Waals surface area contributed by atoms with Crippen LogP contribution in [0.25, 0.3) is 0 Å². The third-order valence-corrected chi connectivity index (χ3v) is 3.59. The normalized spacial score (nSPS) is 10.1. The summed E-state index contributed by atoms with van der Waals surface area (Å²) in [5.41, 5.74) is 0. The Kier molecular flexibility index (Phi) is 24.2. The van der Waals surface area contributed by atoms with Crippen LogP contribution in [0, 0.1) is 11.8 Å². The smallest absolute Gasteiger partial charge is 0.303 e. The molecule has 145 valence electrons. The van der Waals surface area contributed by atoms with Gasteiger partial charge in [0.05, 0.1) is 0 Å². The molecule has 0 unspecified atom stereocenters. The van der Waals surface area contributed by atoms with Crippen molar-refractivity contribution in [3.63, 3.8) is 0 Å². The minimum absolute atomic E-state index is 0. The second-order valence-corrected chi connectivity index (χ2v) is 7.13. The summed E-state index contributed by atoms with van der Waals surface area (Å²) < 4.78 is 0. The number of hydrogen-bond acceptors (Lipinski definition) is 2. The number of carboxylic acids is 2. The molecule has 0 amide bonds. The van der Waals surface area contributed by atoms with Gasteiger partial charge in [-0.05, 0) is 24.7 Å². The predicted molar refractivity (Wildman–Crippen MR) is 95.7 cm³/mol. The van der Waals surface area contributed by atoms with Gasteiger partial charge in [0, 0.05) is 29.9 Å². The first-order valence-electron chi connectivity index (χ1n) is 9.19. The van der Waals surface area contributed by atoms with Gasteiger partial charge < -0.3 is 10.2 Å². The molecule has 2 N–H and O–H groups in total. The molecule has 0 bridgehead atoms. The molecule has 0 spiro atoms. The molecule has 0 aromatic carbocycles. The minimum Gasteiger partial charge on any atom is -0.481 e. The van der Waals surface area contributed by atoms with Crippen LogP contribution in [0.2, 0.25) is 0 Å². The summed E-state index contributed by atoms with van der Waals surface area (Å²) in [7, 11) is 0. The third-order valence-electron chi connectivity index (χ3n) is 3.59. The molecule has 24 heavy (non-hydrogen) atoms. The summed E-state index contributed by atoms with van der Waals surface area (Å²) in [4.78, 5) is 20.2. The zero-order valence-electron chi connectivity index (χ0n) is 16.0. The van der Waals surface area contributed by atoms with Crippen molar-refractivity contribution < 1.29 is 36.9 Å². The van der Waals surface area contributed by atoms with E-state index in [1.165, 1.54) is 32.1 Å². The van der Waals surface area contributed by atoms with E-state index in [2.05, 4.69) is 27.7 Å². The minimum atomic E-state index is -0.672. The molecule has 0 atom stereocenters. The summed E-state index contributed by atoms with van der Waals surface area (Å²) in [6.07, 6.45) is 10.6. The Balaban J connectivity index is -0.000000354. The van der Waals surface area contributed by atoms with E-state index in [-0.39, 0.29) is 17.1 Å². The van der Waals surface area contributed by atoms with Gasteiger partial charge >= 0.3 is 11.9 Å². The summed E-state index contributed by atoms with van der Waals surface area (Å²) >= 11 is 0. The molecule has 0 saturated heterocycles. The fourth-order valence-corrected chi connectivity index (χ4v) is 2.19. The Labute approximate surface area is 159 Å². The van der Waals surface area contributed by atoms with Crippen LogP contribution >= 0.6 is 0 Å². The number of hydrogen-bond donors (Lipinski definition) is 2. The number of rotatable bonds is 13.